The van der Waals surface area contributed by atoms with E-state index in [0.29, 0.717) is 33.7 Å². The Morgan fingerprint density at radius 1 is 1.38 bits per heavy atom. The normalized spacial score (nSPS) is 11.4. The number of aromatic carboxylic acids is 1. The number of carboxylic acids is 1. The van der Waals surface area contributed by atoms with Crippen LogP contribution in [-0.4, -0.2) is 25.7 Å². The van der Waals surface area contributed by atoms with E-state index in [1.807, 2.05) is 13.8 Å². The van der Waals surface area contributed by atoms with E-state index in [9.17, 15) is 14.3 Å². The molecular weight excluding hydrogens is 377 g/mol. The van der Waals surface area contributed by atoms with Gasteiger partial charge in [0.2, 0.25) is 0 Å². The summed E-state index contributed by atoms with van der Waals surface area (Å²) in [5.74, 6) is -1.20. The molecule has 3 aromatic rings. The van der Waals surface area contributed by atoms with Gasteiger partial charge in [-0.3, -0.25) is 0 Å². The lowest BCUT2D eigenvalue weighted by atomic mass is 10.1. The quantitative estimate of drug-likeness (QED) is 0.723. The summed E-state index contributed by atoms with van der Waals surface area (Å²) >= 11 is 3.16. The van der Waals surface area contributed by atoms with Gasteiger partial charge in [-0.15, -0.1) is 0 Å². The van der Waals surface area contributed by atoms with Crippen LogP contribution in [0.2, 0.25) is 0 Å². The zero-order valence-corrected chi connectivity index (χ0v) is 14.7. The van der Waals surface area contributed by atoms with Crippen LogP contribution in [0.1, 0.15) is 30.0 Å². The zero-order valence-electron chi connectivity index (χ0n) is 13.1. The third-order valence-corrected chi connectivity index (χ3v) is 4.18. The molecule has 2 aromatic heterocycles. The highest BCUT2D eigenvalue weighted by Gasteiger charge is 2.17. The summed E-state index contributed by atoms with van der Waals surface area (Å²) < 4.78 is 16.3. The molecule has 0 saturated carbocycles. The lowest BCUT2D eigenvalue weighted by Gasteiger charge is -2.08. The molecule has 7 heteroatoms. The summed E-state index contributed by atoms with van der Waals surface area (Å²) in [6, 6.07) is 8.07. The summed E-state index contributed by atoms with van der Waals surface area (Å²) in [4.78, 5) is 15.4. The number of rotatable bonds is 4. The third-order valence-electron chi connectivity index (χ3n) is 3.56. The number of hydrogen-bond donors (Lipinski definition) is 1. The summed E-state index contributed by atoms with van der Waals surface area (Å²) in [6.45, 7) is 4.07. The van der Waals surface area contributed by atoms with E-state index in [1.165, 1.54) is 6.07 Å². The number of nitrogens with zero attached hydrogens (tertiary/aromatic N) is 3. The second-order valence-corrected chi connectivity index (χ2v) is 6.79. The van der Waals surface area contributed by atoms with Crippen LogP contribution in [0.5, 0.6) is 0 Å². The molecule has 0 atom stereocenters. The van der Waals surface area contributed by atoms with E-state index < -0.39 is 11.8 Å². The van der Waals surface area contributed by atoms with Crippen LogP contribution < -0.4 is 0 Å². The molecular formula is C17H15BrFN3O2. The highest BCUT2D eigenvalue weighted by molar-refractivity contribution is 9.10. The van der Waals surface area contributed by atoms with E-state index >= 15 is 0 Å². The van der Waals surface area contributed by atoms with Crippen molar-refractivity contribution in [3.63, 3.8) is 0 Å². The molecule has 0 aliphatic carbocycles. The molecule has 2 heterocycles. The first-order valence-corrected chi connectivity index (χ1v) is 8.23. The average molecular weight is 392 g/mol. The van der Waals surface area contributed by atoms with Crippen molar-refractivity contribution in [3.8, 4) is 11.3 Å². The second kappa shape index (κ2) is 6.32. The standard InChI is InChI=1S/C17H15BrFN3O2/c1-9(2)6-10-7-14(17(23)24)20-15-8-13(21-22(10)15)11-4-3-5-12(18)16(11)19/h3-5,7-9H,6H2,1-2H3,(H,23,24). The van der Waals surface area contributed by atoms with Crippen LogP contribution in [0.4, 0.5) is 4.39 Å². The number of aromatic nitrogens is 3. The predicted molar refractivity (Wildman–Crippen MR) is 91.6 cm³/mol. The number of halogens is 2. The van der Waals surface area contributed by atoms with E-state index in [0.717, 1.165) is 5.69 Å². The summed E-state index contributed by atoms with van der Waals surface area (Å²) in [7, 11) is 0. The zero-order chi connectivity index (χ0) is 17.4. The SMILES string of the molecule is CC(C)Cc1cc(C(=O)O)nc2cc(-c3cccc(Br)c3F)nn12. The fourth-order valence-electron chi connectivity index (χ4n) is 2.54. The Balaban J connectivity index is 2.23. The van der Waals surface area contributed by atoms with Crippen molar-refractivity contribution in [2.24, 2.45) is 5.92 Å². The van der Waals surface area contributed by atoms with Crippen molar-refractivity contribution in [2.45, 2.75) is 20.3 Å². The molecule has 24 heavy (non-hydrogen) atoms. The fourth-order valence-corrected chi connectivity index (χ4v) is 2.91. The van der Waals surface area contributed by atoms with Gasteiger partial charge in [0, 0.05) is 17.3 Å². The number of fused-ring (bicyclic) bond motifs is 1. The summed E-state index contributed by atoms with van der Waals surface area (Å²) in [6.07, 6.45) is 0.640. The predicted octanol–water partition coefficient (Wildman–Crippen LogP) is 4.19. The molecule has 5 nitrogen and oxygen atoms in total. The fraction of sp³-hybridized carbons (Fsp3) is 0.235. The van der Waals surface area contributed by atoms with Gasteiger partial charge in [-0.2, -0.15) is 5.10 Å². The first-order chi connectivity index (χ1) is 11.4. The van der Waals surface area contributed by atoms with E-state index in [2.05, 4.69) is 26.0 Å². The number of carbonyl (C=O) groups is 1. The molecule has 0 spiro atoms. The Labute approximate surface area is 146 Å². The largest absolute Gasteiger partial charge is 0.477 e. The van der Waals surface area contributed by atoms with Crippen LogP contribution >= 0.6 is 15.9 Å². The highest BCUT2D eigenvalue weighted by Crippen LogP contribution is 2.28. The smallest absolute Gasteiger partial charge is 0.354 e. The number of benzene rings is 1. The molecule has 0 saturated heterocycles. The van der Waals surface area contributed by atoms with Crippen molar-refractivity contribution in [1.82, 2.24) is 14.6 Å². The van der Waals surface area contributed by atoms with Gasteiger partial charge in [0.1, 0.15) is 5.82 Å². The van der Waals surface area contributed by atoms with Crippen molar-refractivity contribution in [2.75, 3.05) is 0 Å². The first-order valence-electron chi connectivity index (χ1n) is 7.44. The van der Waals surface area contributed by atoms with Crippen LogP contribution in [0.15, 0.2) is 34.8 Å². The van der Waals surface area contributed by atoms with Gasteiger partial charge in [-0.05, 0) is 46.5 Å². The molecule has 0 unspecified atom stereocenters. The highest BCUT2D eigenvalue weighted by atomic mass is 79.9. The monoisotopic (exact) mass is 391 g/mol. The van der Waals surface area contributed by atoms with Gasteiger partial charge in [0.05, 0.1) is 10.2 Å². The van der Waals surface area contributed by atoms with Gasteiger partial charge in [-0.1, -0.05) is 19.9 Å². The first kappa shape index (κ1) is 16.6. The molecule has 3 rings (SSSR count). The molecule has 0 radical (unpaired) electrons. The van der Waals surface area contributed by atoms with Crippen LogP contribution in [-0.2, 0) is 6.42 Å². The summed E-state index contributed by atoms with van der Waals surface area (Å²) in [5.41, 5.74) is 1.82. The van der Waals surface area contributed by atoms with Gasteiger partial charge in [0.15, 0.2) is 11.3 Å². The maximum Gasteiger partial charge on any atom is 0.354 e. The third kappa shape index (κ3) is 3.03. The van der Waals surface area contributed by atoms with Crippen molar-refractivity contribution in [3.05, 3.63) is 52.0 Å². The van der Waals surface area contributed by atoms with Crippen LogP contribution in [0, 0.1) is 11.7 Å². The molecule has 0 aliphatic heterocycles. The van der Waals surface area contributed by atoms with Crippen LogP contribution in [0.25, 0.3) is 16.9 Å². The Morgan fingerprint density at radius 2 is 2.12 bits per heavy atom. The minimum absolute atomic E-state index is 0.0423. The van der Waals surface area contributed by atoms with E-state index in [-0.39, 0.29) is 5.69 Å². The topological polar surface area (TPSA) is 67.5 Å². The maximum atomic E-state index is 14.3. The van der Waals surface area contributed by atoms with E-state index in [1.54, 1.807) is 28.8 Å². The van der Waals surface area contributed by atoms with Crippen molar-refractivity contribution in [1.29, 1.82) is 0 Å². The average Bonchev–Trinajstić information content (AvgIpc) is 2.93. The van der Waals surface area contributed by atoms with Gasteiger partial charge >= 0.3 is 5.97 Å². The number of hydrogen-bond acceptors (Lipinski definition) is 3. The molecule has 124 valence electrons. The minimum atomic E-state index is -1.10. The van der Waals surface area contributed by atoms with Crippen molar-refractivity contribution >= 4 is 27.5 Å². The minimum Gasteiger partial charge on any atom is -0.477 e. The van der Waals surface area contributed by atoms with Gasteiger partial charge in [0.25, 0.3) is 0 Å². The lowest BCUT2D eigenvalue weighted by molar-refractivity contribution is 0.0690. The Hall–Kier alpha value is -2.28. The molecule has 0 bridgehead atoms. The Morgan fingerprint density at radius 3 is 2.79 bits per heavy atom. The van der Waals surface area contributed by atoms with Crippen LogP contribution in [0.3, 0.4) is 0 Å². The Kier molecular flexibility index (Phi) is 4.36. The molecule has 0 fully saturated rings. The molecule has 1 N–H and O–H groups in total. The molecule has 0 amide bonds. The van der Waals surface area contributed by atoms with Crippen molar-refractivity contribution < 1.29 is 14.3 Å². The van der Waals surface area contributed by atoms with Gasteiger partial charge in [-0.25, -0.2) is 18.7 Å². The van der Waals surface area contributed by atoms with E-state index in [4.69, 9.17) is 0 Å². The lowest BCUT2D eigenvalue weighted by Crippen LogP contribution is -2.09. The maximum absolute atomic E-state index is 14.3. The Bertz CT molecular complexity index is 937. The summed E-state index contributed by atoms with van der Waals surface area (Å²) in [5, 5.41) is 13.7. The second-order valence-electron chi connectivity index (χ2n) is 5.94. The van der Waals surface area contributed by atoms with Gasteiger partial charge < -0.3 is 5.11 Å². The molecule has 0 aliphatic rings. The number of carboxylic acid groups (broad SMARTS) is 1. The molecule has 1 aromatic carbocycles.